The molecule has 1 aromatic heterocycles. The van der Waals surface area contributed by atoms with Crippen LogP contribution in [0.2, 0.25) is 5.02 Å². The summed E-state index contributed by atoms with van der Waals surface area (Å²) in [6.07, 6.45) is -5.14. The van der Waals surface area contributed by atoms with Gasteiger partial charge in [-0.1, -0.05) is 11.6 Å². The molecule has 0 bridgehead atoms. The van der Waals surface area contributed by atoms with E-state index in [1.165, 1.54) is 0 Å². The van der Waals surface area contributed by atoms with Gasteiger partial charge in [-0.25, -0.2) is 8.42 Å². The molecule has 1 rings (SSSR count). The second-order valence-electron chi connectivity index (χ2n) is 2.77. The van der Waals surface area contributed by atoms with Crippen LogP contribution in [0.4, 0.5) is 13.2 Å². The molecule has 1 heterocycles. The van der Waals surface area contributed by atoms with Crippen LogP contribution in [-0.2, 0) is 9.05 Å². The molecular weight excluding hydrogens is 322 g/mol. The third-order valence-electron chi connectivity index (χ3n) is 1.53. The number of rotatable bonds is 3. The Balaban J connectivity index is 3.49. The van der Waals surface area contributed by atoms with Gasteiger partial charge in [0.2, 0.25) is 10.9 Å². The summed E-state index contributed by atoms with van der Waals surface area (Å²) in [6, 6.07) is 0.855. The van der Waals surface area contributed by atoms with Crippen LogP contribution in [0.3, 0.4) is 0 Å². The summed E-state index contributed by atoms with van der Waals surface area (Å²) < 4.78 is 66.5. The second kappa shape index (κ2) is 4.98. The highest BCUT2D eigenvalue weighted by Crippen LogP contribution is 2.38. The summed E-state index contributed by atoms with van der Waals surface area (Å²) >= 11 is 5.46. The molecule has 5 nitrogen and oxygen atoms in total. The summed E-state index contributed by atoms with van der Waals surface area (Å²) in [5, 5.41) is -1.83. The lowest BCUT2D eigenvalue weighted by Gasteiger charge is -2.13. The average Bonchev–Trinajstić information content (AvgIpc) is 2.17. The number of pyridine rings is 1. The average molecular weight is 326 g/mol. The molecule has 0 spiro atoms. The zero-order valence-corrected chi connectivity index (χ0v) is 10.8. The molecule has 0 amide bonds. The quantitative estimate of drug-likeness (QED) is 0.799. The van der Waals surface area contributed by atoms with Gasteiger partial charge in [0, 0.05) is 16.7 Å². The van der Waals surface area contributed by atoms with E-state index in [1.54, 1.807) is 0 Å². The summed E-state index contributed by atoms with van der Waals surface area (Å²) in [4.78, 5) is 3.26. The monoisotopic (exact) mass is 325 g/mol. The predicted molar refractivity (Wildman–Crippen MR) is 55.5 cm³/mol. The molecule has 0 aromatic carbocycles. The minimum atomic E-state index is -5.14. The number of aromatic nitrogens is 1. The standard InChI is InChI=1S/C7H4Cl2F3NO4S/c1-16-4-2-3(8)5(17-7(10,11)12)6(13-4)18(9,14)15/h2H,1H3. The van der Waals surface area contributed by atoms with Crippen molar-refractivity contribution in [1.82, 2.24) is 4.98 Å². The molecule has 0 saturated carbocycles. The maximum atomic E-state index is 12.1. The number of nitrogens with zero attached hydrogens (tertiary/aromatic N) is 1. The SMILES string of the molecule is COc1cc(Cl)c(OC(F)(F)F)c(S(=O)(=O)Cl)n1. The third kappa shape index (κ3) is 3.79. The number of hydrogen-bond donors (Lipinski definition) is 0. The van der Waals surface area contributed by atoms with E-state index >= 15 is 0 Å². The van der Waals surface area contributed by atoms with Crippen LogP contribution in [0.15, 0.2) is 11.1 Å². The zero-order chi connectivity index (χ0) is 14.1. The number of hydrogen-bond acceptors (Lipinski definition) is 5. The molecule has 11 heteroatoms. The molecular formula is C7H4Cl2F3NO4S. The lowest BCUT2D eigenvalue weighted by Crippen LogP contribution is -2.19. The zero-order valence-electron chi connectivity index (χ0n) is 8.46. The number of halogens is 5. The lowest BCUT2D eigenvalue weighted by atomic mass is 10.4. The molecule has 0 aliphatic heterocycles. The van der Waals surface area contributed by atoms with Crippen molar-refractivity contribution in [3.05, 3.63) is 11.1 Å². The van der Waals surface area contributed by atoms with Gasteiger partial charge >= 0.3 is 6.36 Å². The Morgan fingerprint density at radius 3 is 2.33 bits per heavy atom. The third-order valence-corrected chi connectivity index (χ3v) is 2.99. The maximum absolute atomic E-state index is 12.1. The van der Waals surface area contributed by atoms with Crippen molar-refractivity contribution >= 4 is 31.3 Å². The van der Waals surface area contributed by atoms with Gasteiger partial charge in [-0.2, -0.15) is 4.98 Å². The second-order valence-corrected chi connectivity index (χ2v) is 5.65. The van der Waals surface area contributed by atoms with Gasteiger partial charge in [-0.05, 0) is 0 Å². The number of methoxy groups -OCH3 is 1. The van der Waals surface area contributed by atoms with Crippen molar-refractivity contribution in [3.8, 4) is 11.6 Å². The first-order chi connectivity index (χ1) is 8.04. The highest BCUT2D eigenvalue weighted by Gasteiger charge is 2.36. The Hall–Kier alpha value is -0.930. The largest absolute Gasteiger partial charge is 0.573 e. The molecule has 0 aliphatic carbocycles. The number of alkyl halides is 3. The Labute approximate surface area is 109 Å². The summed E-state index contributed by atoms with van der Waals surface area (Å²) in [5.74, 6) is -1.53. The van der Waals surface area contributed by atoms with Gasteiger partial charge < -0.3 is 9.47 Å². The first kappa shape index (κ1) is 15.1. The van der Waals surface area contributed by atoms with Gasteiger partial charge in [-0.3, -0.25) is 0 Å². The maximum Gasteiger partial charge on any atom is 0.573 e. The van der Waals surface area contributed by atoms with Crippen LogP contribution in [0.5, 0.6) is 11.6 Å². The molecule has 18 heavy (non-hydrogen) atoms. The molecule has 0 unspecified atom stereocenters. The normalized spacial score (nSPS) is 12.3. The number of ether oxygens (including phenoxy) is 2. The molecule has 0 atom stereocenters. The van der Waals surface area contributed by atoms with Gasteiger partial charge in [0.05, 0.1) is 12.1 Å². The van der Waals surface area contributed by atoms with Crippen molar-refractivity contribution in [2.45, 2.75) is 11.4 Å². The first-order valence-electron chi connectivity index (χ1n) is 3.99. The van der Waals surface area contributed by atoms with Gasteiger partial charge in [0.25, 0.3) is 9.05 Å². The van der Waals surface area contributed by atoms with E-state index in [1.807, 2.05) is 0 Å². The molecule has 102 valence electrons. The lowest BCUT2D eigenvalue weighted by molar-refractivity contribution is -0.275. The molecule has 0 radical (unpaired) electrons. The van der Waals surface area contributed by atoms with Crippen molar-refractivity contribution in [2.75, 3.05) is 7.11 Å². The van der Waals surface area contributed by atoms with Crippen LogP contribution < -0.4 is 9.47 Å². The van der Waals surface area contributed by atoms with Crippen molar-refractivity contribution in [2.24, 2.45) is 0 Å². The highest BCUT2D eigenvalue weighted by atomic mass is 35.7. The molecule has 1 aromatic rings. The van der Waals surface area contributed by atoms with Gasteiger partial charge in [0.1, 0.15) is 0 Å². The van der Waals surface area contributed by atoms with Gasteiger partial charge in [0.15, 0.2) is 5.75 Å². The first-order valence-corrected chi connectivity index (χ1v) is 6.68. The molecule has 0 fully saturated rings. The summed E-state index contributed by atoms with van der Waals surface area (Å²) in [7, 11) is 1.47. The smallest absolute Gasteiger partial charge is 0.481 e. The summed E-state index contributed by atoms with van der Waals surface area (Å²) in [6.45, 7) is 0. The molecule has 0 saturated heterocycles. The minimum absolute atomic E-state index is 0.325. The highest BCUT2D eigenvalue weighted by molar-refractivity contribution is 8.13. The van der Waals surface area contributed by atoms with E-state index < -0.39 is 31.2 Å². The Bertz CT molecular complexity index is 561. The van der Waals surface area contributed by atoms with Crippen molar-refractivity contribution in [3.63, 3.8) is 0 Å². The Morgan fingerprint density at radius 2 is 1.94 bits per heavy atom. The van der Waals surface area contributed by atoms with Crippen LogP contribution >= 0.6 is 22.3 Å². The van der Waals surface area contributed by atoms with E-state index in [9.17, 15) is 21.6 Å². The molecule has 0 aliphatic rings. The van der Waals surface area contributed by atoms with E-state index in [0.29, 0.717) is 0 Å². The van der Waals surface area contributed by atoms with E-state index in [-0.39, 0.29) is 5.88 Å². The van der Waals surface area contributed by atoms with E-state index in [4.69, 9.17) is 22.3 Å². The Morgan fingerprint density at radius 1 is 1.39 bits per heavy atom. The van der Waals surface area contributed by atoms with Gasteiger partial charge in [-0.15, -0.1) is 13.2 Å². The fourth-order valence-electron chi connectivity index (χ4n) is 0.937. The molecule has 0 N–H and O–H groups in total. The van der Waals surface area contributed by atoms with Crippen LogP contribution in [0, 0.1) is 0 Å². The summed E-state index contributed by atoms with van der Waals surface area (Å²) in [5.41, 5.74) is 0. The topological polar surface area (TPSA) is 65.5 Å². The fourth-order valence-corrected chi connectivity index (χ4v) is 2.10. The van der Waals surface area contributed by atoms with Crippen molar-refractivity contribution < 1.29 is 31.1 Å². The van der Waals surface area contributed by atoms with Crippen LogP contribution in [0.1, 0.15) is 0 Å². The minimum Gasteiger partial charge on any atom is -0.481 e. The van der Waals surface area contributed by atoms with Crippen molar-refractivity contribution in [1.29, 1.82) is 0 Å². The van der Waals surface area contributed by atoms with Crippen LogP contribution in [-0.4, -0.2) is 26.9 Å². The van der Waals surface area contributed by atoms with E-state index in [0.717, 1.165) is 13.2 Å². The van der Waals surface area contributed by atoms with Crippen LogP contribution in [0.25, 0.3) is 0 Å². The van der Waals surface area contributed by atoms with E-state index in [2.05, 4.69) is 14.5 Å². The fraction of sp³-hybridized carbons (Fsp3) is 0.286. The predicted octanol–water partition coefficient (Wildman–Crippen LogP) is 2.57. The Kier molecular flexibility index (Phi) is 4.19.